The highest BCUT2D eigenvalue weighted by molar-refractivity contribution is 6.05. The predicted octanol–water partition coefficient (Wildman–Crippen LogP) is 4.68. The first kappa shape index (κ1) is 13.6. The molecule has 0 saturated heterocycles. The van der Waals surface area contributed by atoms with Gasteiger partial charge in [-0.05, 0) is 55.4 Å². The molecule has 0 aromatic carbocycles. The summed E-state index contributed by atoms with van der Waals surface area (Å²) in [5, 5.41) is 0. The number of ketones is 1. The van der Waals surface area contributed by atoms with Crippen molar-refractivity contribution in [1.82, 2.24) is 0 Å². The van der Waals surface area contributed by atoms with Crippen LogP contribution in [0, 0.1) is 16.7 Å². The van der Waals surface area contributed by atoms with Crippen LogP contribution in [-0.2, 0) is 4.79 Å². The number of carbonyl (C=O) groups excluding carboxylic acids is 1. The molecule has 1 saturated carbocycles. The minimum atomic E-state index is 0.0787. The molecule has 100 valence electrons. The van der Waals surface area contributed by atoms with Gasteiger partial charge in [-0.3, -0.25) is 4.79 Å². The Morgan fingerprint density at radius 2 is 2.00 bits per heavy atom. The number of hydrogen-bond acceptors (Lipinski definition) is 1. The number of fused-ring (bicyclic) bond motifs is 1. The van der Waals surface area contributed by atoms with Crippen LogP contribution in [0.3, 0.4) is 0 Å². The van der Waals surface area contributed by atoms with Crippen LogP contribution in [0.1, 0.15) is 59.8 Å². The van der Waals surface area contributed by atoms with Crippen LogP contribution in [-0.4, -0.2) is 5.78 Å². The van der Waals surface area contributed by atoms with E-state index < -0.39 is 0 Å². The second kappa shape index (κ2) is 4.36. The molecule has 0 unspecified atom stereocenters. The predicted molar refractivity (Wildman–Crippen MR) is 76.4 cm³/mol. The SMILES string of the molecule is C=CC(=O)C1=C(C)CC[C@@H]2C(C)(C)CCC[C@@]12C. The highest BCUT2D eigenvalue weighted by atomic mass is 16.1. The Bertz CT molecular complexity index is 413. The third kappa shape index (κ3) is 1.88. The van der Waals surface area contributed by atoms with Gasteiger partial charge in [0.2, 0.25) is 0 Å². The lowest BCUT2D eigenvalue weighted by molar-refractivity contribution is -0.114. The van der Waals surface area contributed by atoms with Crippen molar-refractivity contribution in [2.75, 3.05) is 0 Å². The van der Waals surface area contributed by atoms with Crippen LogP contribution in [0.4, 0.5) is 0 Å². The van der Waals surface area contributed by atoms with Gasteiger partial charge in [-0.15, -0.1) is 0 Å². The van der Waals surface area contributed by atoms with E-state index in [0.717, 1.165) is 18.4 Å². The molecular formula is C17H26O. The molecule has 0 N–H and O–H groups in total. The number of allylic oxidation sites excluding steroid dienone is 3. The largest absolute Gasteiger partial charge is 0.290 e. The van der Waals surface area contributed by atoms with Crippen molar-refractivity contribution in [3.8, 4) is 0 Å². The standard InChI is InChI=1S/C17H26O/c1-6-13(18)15-12(2)8-9-14-16(3,4)10-7-11-17(14,15)5/h6,14H,1,7-11H2,2-5H3/t14-,17-/m1/s1. The average Bonchev–Trinajstić information content (AvgIpc) is 2.26. The maximum atomic E-state index is 12.3. The second-order valence-corrected chi connectivity index (χ2v) is 7.07. The minimum absolute atomic E-state index is 0.0787. The lowest BCUT2D eigenvalue weighted by atomic mass is 9.50. The molecule has 1 fully saturated rings. The Labute approximate surface area is 111 Å². The van der Waals surface area contributed by atoms with Gasteiger partial charge in [0, 0.05) is 5.57 Å². The second-order valence-electron chi connectivity index (χ2n) is 7.07. The summed E-state index contributed by atoms with van der Waals surface area (Å²) < 4.78 is 0. The molecule has 0 aliphatic heterocycles. The fourth-order valence-electron chi connectivity index (χ4n) is 4.70. The Hall–Kier alpha value is -0.850. The number of hydrogen-bond donors (Lipinski definition) is 0. The molecule has 0 aromatic rings. The van der Waals surface area contributed by atoms with Crippen molar-refractivity contribution in [1.29, 1.82) is 0 Å². The summed E-state index contributed by atoms with van der Waals surface area (Å²) in [5.74, 6) is 0.804. The molecule has 2 rings (SSSR count). The van der Waals surface area contributed by atoms with Crippen molar-refractivity contribution in [3.05, 3.63) is 23.8 Å². The summed E-state index contributed by atoms with van der Waals surface area (Å²) in [4.78, 5) is 12.3. The van der Waals surface area contributed by atoms with E-state index in [1.807, 2.05) is 0 Å². The van der Waals surface area contributed by atoms with E-state index in [1.165, 1.54) is 30.9 Å². The smallest absolute Gasteiger partial charge is 0.181 e. The van der Waals surface area contributed by atoms with Crippen LogP contribution in [0.25, 0.3) is 0 Å². The van der Waals surface area contributed by atoms with Crippen LogP contribution in [0.5, 0.6) is 0 Å². The molecule has 0 amide bonds. The number of carbonyl (C=O) groups is 1. The summed E-state index contributed by atoms with van der Waals surface area (Å²) in [7, 11) is 0. The van der Waals surface area contributed by atoms with Crippen LogP contribution in [0.15, 0.2) is 23.8 Å². The molecule has 0 bridgehead atoms. The molecule has 18 heavy (non-hydrogen) atoms. The topological polar surface area (TPSA) is 17.1 Å². The lowest BCUT2D eigenvalue weighted by Gasteiger charge is -2.54. The van der Waals surface area contributed by atoms with Gasteiger partial charge in [-0.25, -0.2) is 0 Å². The molecule has 2 aliphatic rings. The van der Waals surface area contributed by atoms with E-state index in [1.54, 1.807) is 0 Å². The molecule has 0 aromatic heterocycles. The van der Waals surface area contributed by atoms with Gasteiger partial charge in [0.05, 0.1) is 0 Å². The zero-order valence-electron chi connectivity index (χ0n) is 12.3. The monoisotopic (exact) mass is 246 g/mol. The summed E-state index contributed by atoms with van der Waals surface area (Å²) in [6.07, 6.45) is 7.52. The van der Waals surface area contributed by atoms with Crippen molar-refractivity contribution in [2.45, 2.75) is 59.8 Å². The van der Waals surface area contributed by atoms with Crippen molar-refractivity contribution < 1.29 is 4.79 Å². The van der Waals surface area contributed by atoms with E-state index in [4.69, 9.17) is 0 Å². The summed E-state index contributed by atoms with van der Waals surface area (Å²) >= 11 is 0. The fourth-order valence-corrected chi connectivity index (χ4v) is 4.70. The fraction of sp³-hybridized carbons (Fsp3) is 0.706. The lowest BCUT2D eigenvalue weighted by Crippen LogP contribution is -2.46. The Morgan fingerprint density at radius 1 is 1.33 bits per heavy atom. The van der Waals surface area contributed by atoms with Gasteiger partial charge >= 0.3 is 0 Å². The number of rotatable bonds is 2. The average molecular weight is 246 g/mol. The van der Waals surface area contributed by atoms with Gasteiger partial charge < -0.3 is 0 Å². The quantitative estimate of drug-likeness (QED) is 0.646. The van der Waals surface area contributed by atoms with Gasteiger partial charge in [0.25, 0.3) is 0 Å². The normalized spacial score (nSPS) is 35.0. The zero-order valence-corrected chi connectivity index (χ0v) is 12.3. The molecule has 1 heteroatoms. The highest BCUT2D eigenvalue weighted by Crippen LogP contribution is 2.59. The van der Waals surface area contributed by atoms with Gasteiger partial charge in [-0.1, -0.05) is 39.3 Å². The van der Waals surface area contributed by atoms with E-state index in [2.05, 4.69) is 34.3 Å². The molecule has 0 spiro atoms. The van der Waals surface area contributed by atoms with Crippen LogP contribution < -0.4 is 0 Å². The van der Waals surface area contributed by atoms with Crippen LogP contribution in [0.2, 0.25) is 0 Å². The van der Waals surface area contributed by atoms with Crippen LogP contribution >= 0.6 is 0 Å². The maximum Gasteiger partial charge on any atom is 0.181 e. The third-order valence-electron chi connectivity index (χ3n) is 5.47. The third-order valence-corrected chi connectivity index (χ3v) is 5.47. The van der Waals surface area contributed by atoms with Gasteiger partial charge in [0.1, 0.15) is 0 Å². The van der Waals surface area contributed by atoms with Crippen molar-refractivity contribution >= 4 is 5.78 Å². The first-order chi connectivity index (χ1) is 8.33. The molecule has 1 nitrogen and oxygen atoms in total. The van der Waals surface area contributed by atoms with Crippen molar-refractivity contribution in [3.63, 3.8) is 0 Å². The first-order valence-electron chi connectivity index (χ1n) is 7.20. The molecular weight excluding hydrogens is 220 g/mol. The Kier molecular flexibility index (Phi) is 3.29. The van der Waals surface area contributed by atoms with E-state index in [-0.39, 0.29) is 11.2 Å². The summed E-state index contributed by atoms with van der Waals surface area (Å²) in [6.45, 7) is 12.9. The molecule has 2 aliphatic carbocycles. The molecule has 0 heterocycles. The van der Waals surface area contributed by atoms with Gasteiger partial charge in [0.15, 0.2) is 5.78 Å². The summed E-state index contributed by atoms with van der Waals surface area (Å²) in [6, 6.07) is 0. The van der Waals surface area contributed by atoms with Gasteiger partial charge in [-0.2, -0.15) is 0 Å². The maximum absolute atomic E-state index is 12.3. The van der Waals surface area contributed by atoms with E-state index in [0.29, 0.717) is 11.3 Å². The molecule has 2 atom stereocenters. The summed E-state index contributed by atoms with van der Waals surface area (Å²) in [5.41, 5.74) is 2.83. The van der Waals surface area contributed by atoms with E-state index in [9.17, 15) is 4.79 Å². The zero-order chi connectivity index (χ0) is 13.6. The first-order valence-corrected chi connectivity index (χ1v) is 7.20. The highest BCUT2D eigenvalue weighted by Gasteiger charge is 2.51. The van der Waals surface area contributed by atoms with Crippen molar-refractivity contribution in [2.24, 2.45) is 16.7 Å². The molecule has 0 radical (unpaired) electrons. The Balaban J connectivity index is 2.51. The minimum Gasteiger partial charge on any atom is -0.290 e. The Morgan fingerprint density at radius 3 is 2.61 bits per heavy atom. The van der Waals surface area contributed by atoms with E-state index >= 15 is 0 Å².